The standard InChI is InChI=1S/C19H30N6O2S2/c1-23(2)29(26,27)22-17-4-6-18(7-5-17)25-12-8-16(9-13-25)20-11-15-28-19-21-10-14-24(19)3/h4-7,10,14,16,20,22H,8-9,11-13,15H2,1-3H3. The molecule has 10 heteroatoms. The minimum Gasteiger partial charge on any atom is -0.371 e. The van der Waals surface area contributed by atoms with Crippen molar-refractivity contribution in [2.24, 2.45) is 7.05 Å². The molecule has 8 nitrogen and oxygen atoms in total. The molecule has 0 radical (unpaired) electrons. The van der Waals surface area contributed by atoms with Crippen molar-refractivity contribution in [3.8, 4) is 0 Å². The zero-order valence-corrected chi connectivity index (χ0v) is 18.8. The van der Waals surface area contributed by atoms with Gasteiger partial charge in [-0.25, -0.2) is 4.98 Å². The minimum atomic E-state index is -3.47. The summed E-state index contributed by atoms with van der Waals surface area (Å²) in [5.41, 5.74) is 1.70. The lowest BCUT2D eigenvalue weighted by molar-refractivity contribution is 0.425. The molecule has 2 aromatic rings. The molecule has 0 unspecified atom stereocenters. The van der Waals surface area contributed by atoms with E-state index >= 15 is 0 Å². The predicted molar refractivity (Wildman–Crippen MR) is 120 cm³/mol. The van der Waals surface area contributed by atoms with Crippen LogP contribution in [0.2, 0.25) is 0 Å². The van der Waals surface area contributed by atoms with E-state index in [1.165, 1.54) is 14.1 Å². The summed E-state index contributed by atoms with van der Waals surface area (Å²) in [7, 11) is 1.56. The van der Waals surface area contributed by atoms with Crippen molar-refractivity contribution in [3.63, 3.8) is 0 Å². The van der Waals surface area contributed by atoms with Gasteiger partial charge in [0.05, 0.1) is 0 Å². The number of nitrogens with one attached hydrogen (secondary N) is 2. The van der Waals surface area contributed by atoms with Gasteiger partial charge in [-0.2, -0.15) is 12.7 Å². The van der Waals surface area contributed by atoms with E-state index < -0.39 is 10.2 Å². The van der Waals surface area contributed by atoms with Crippen LogP contribution in [-0.2, 0) is 17.3 Å². The van der Waals surface area contributed by atoms with E-state index in [1.807, 2.05) is 48.3 Å². The molecule has 3 rings (SSSR count). The van der Waals surface area contributed by atoms with Crippen LogP contribution >= 0.6 is 11.8 Å². The quantitative estimate of drug-likeness (QED) is 0.460. The van der Waals surface area contributed by atoms with Gasteiger partial charge in [0.15, 0.2) is 5.16 Å². The van der Waals surface area contributed by atoms with E-state index in [-0.39, 0.29) is 0 Å². The summed E-state index contributed by atoms with van der Waals surface area (Å²) in [4.78, 5) is 6.68. The summed E-state index contributed by atoms with van der Waals surface area (Å²) in [5, 5.41) is 4.71. The molecular weight excluding hydrogens is 408 g/mol. The minimum absolute atomic E-state index is 0.541. The van der Waals surface area contributed by atoms with Gasteiger partial charge in [0.1, 0.15) is 0 Å². The van der Waals surface area contributed by atoms with E-state index in [0.717, 1.165) is 53.4 Å². The number of benzene rings is 1. The molecule has 2 N–H and O–H groups in total. The third kappa shape index (κ3) is 6.11. The Morgan fingerprint density at radius 2 is 1.90 bits per heavy atom. The Hall–Kier alpha value is -1.75. The summed E-state index contributed by atoms with van der Waals surface area (Å²) >= 11 is 1.77. The van der Waals surface area contributed by atoms with Gasteiger partial charge in [-0.15, -0.1) is 0 Å². The lowest BCUT2D eigenvalue weighted by Gasteiger charge is -2.34. The molecule has 0 atom stereocenters. The molecule has 1 aliphatic heterocycles. The molecule has 1 fully saturated rings. The van der Waals surface area contributed by atoms with Gasteiger partial charge in [0.2, 0.25) is 0 Å². The number of nitrogens with zero attached hydrogens (tertiary/aromatic N) is 4. The van der Waals surface area contributed by atoms with Crippen molar-refractivity contribution in [2.75, 3.05) is 49.1 Å². The van der Waals surface area contributed by atoms with Gasteiger partial charge in [0, 0.05) is 76.3 Å². The molecule has 1 saturated heterocycles. The summed E-state index contributed by atoms with van der Waals surface area (Å²) < 4.78 is 29.6. The first-order valence-electron chi connectivity index (χ1n) is 9.74. The summed E-state index contributed by atoms with van der Waals surface area (Å²) in [6.45, 7) is 2.96. The Bertz CT molecular complexity index is 874. The molecule has 0 aliphatic carbocycles. The molecule has 160 valence electrons. The number of aromatic nitrogens is 2. The Kier molecular flexibility index (Phi) is 7.44. The molecular formula is C19H30N6O2S2. The van der Waals surface area contributed by atoms with E-state index in [2.05, 4.69) is 19.9 Å². The van der Waals surface area contributed by atoms with Crippen LogP contribution in [0.1, 0.15) is 12.8 Å². The second-order valence-corrected chi connectivity index (χ2v) is 10.3. The van der Waals surface area contributed by atoms with Crippen LogP contribution in [0.25, 0.3) is 0 Å². The van der Waals surface area contributed by atoms with Gasteiger partial charge < -0.3 is 14.8 Å². The number of anilines is 2. The largest absolute Gasteiger partial charge is 0.371 e. The van der Waals surface area contributed by atoms with E-state index in [9.17, 15) is 8.42 Å². The van der Waals surface area contributed by atoms with Crippen LogP contribution in [0.5, 0.6) is 0 Å². The number of piperidine rings is 1. The van der Waals surface area contributed by atoms with Gasteiger partial charge in [-0.05, 0) is 37.1 Å². The first kappa shape index (κ1) is 21.9. The molecule has 29 heavy (non-hydrogen) atoms. The average molecular weight is 439 g/mol. The maximum atomic E-state index is 11.9. The van der Waals surface area contributed by atoms with Crippen LogP contribution in [-0.4, -0.2) is 67.8 Å². The topological polar surface area (TPSA) is 82.5 Å². The SMILES string of the molecule is CN(C)S(=O)(=O)Nc1ccc(N2CCC(NCCSc3nccn3C)CC2)cc1. The Labute approximate surface area is 177 Å². The number of aryl methyl sites for hydroxylation is 1. The highest BCUT2D eigenvalue weighted by atomic mass is 32.2. The summed E-state index contributed by atoms with van der Waals surface area (Å²) in [5.74, 6) is 1.01. The fourth-order valence-corrected chi connectivity index (χ4v) is 4.64. The highest BCUT2D eigenvalue weighted by molar-refractivity contribution is 7.99. The number of hydrogen-bond donors (Lipinski definition) is 2. The zero-order chi connectivity index (χ0) is 20.9. The molecule has 0 spiro atoms. The van der Waals surface area contributed by atoms with Crippen LogP contribution < -0.4 is 14.9 Å². The number of thioether (sulfide) groups is 1. The van der Waals surface area contributed by atoms with E-state index in [1.54, 1.807) is 11.8 Å². The van der Waals surface area contributed by atoms with Crippen LogP contribution in [0.4, 0.5) is 11.4 Å². The smallest absolute Gasteiger partial charge is 0.301 e. The van der Waals surface area contributed by atoms with Crippen LogP contribution in [0, 0.1) is 0 Å². The fraction of sp³-hybridized carbons (Fsp3) is 0.526. The average Bonchev–Trinajstić information content (AvgIpc) is 3.11. The van der Waals surface area contributed by atoms with Crippen LogP contribution in [0.3, 0.4) is 0 Å². The number of hydrogen-bond acceptors (Lipinski definition) is 6. The summed E-state index contributed by atoms with van der Waals surface area (Å²) in [6.07, 6.45) is 5.99. The van der Waals surface area contributed by atoms with E-state index in [0.29, 0.717) is 11.7 Å². The maximum Gasteiger partial charge on any atom is 0.301 e. The Morgan fingerprint density at radius 3 is 2.48 bits per heavy atom. The Balaban J connectivity index is 1.40. The molecule has 0 bridgehead atoms. The maximum absolute atomic E-state index is 11.9. The zero-order valence-electron chi connectivity index (χ0n) is 17.2. The van der Waals surface area contributed by atoms with Gasteiger partial charge >= 0.3 is 10.2 Å². The van der Waals surface area contributed by atoms with Gasteiger partial charge in [-0.1, -0.05) is 11.8 Å². The molecule has 0 saturated carbocycles. The van der Waals surface area contributed by atoms with Crippen molar-refractivity contribution in [3.05, 3.63) is 36.7 Å². The third-order valence-corrected chi connectivity index (χ3v) is 7.51. The van der Waals surface area contributed by atoms with Crippen LogP contribution in [0.15, 0.2) is 41.8 Å². The molecule has 2 heterocycles. The normalized spacial score (nSPS) is 15.8. The molecule has 1 aromatic heterocycles. The second kappa shape index (κ2) is 9.84. The fourth-order valence-electron chi connectivity index (χ4n) is 3.22. The van der Waals surface area contributed by atoms with Crippen molar-refractivity contribution in [1.82, 2.24) is 19.2 Å². The first-order chi connectivity index (χ1) is 13.8. The monoisotopic (exact) mass is 438 g/mol. The predicted octanol–water partition coefficient (Wildman–Crippen LogP) is 1.99. The molecule has 1 aromatic carbocycles. The van der Waals surface area contributed by atoms with Crippen molar-refractivity contribution < 1.29 is 8.42 Å². The lowest BCUT2D eigenvalue weighted by atomic mass is 10.0. The highest BCUT2D eigenvalue weighted by Crippen LogP contribution is 2.23. The molecule has 1 aliphatic rings. The third-order valence-electron chi connectivity index (χ3n) is 5.00. The lowest BCUT2D eigenvalue weighted by Crippen LogP contribution is -2.43. The number of rotatable bonds is 9. The highest BCUT2D eigenvalue weighted by Gasteiger charge is 2.19. The second-order valence-electron chi connectivity index (χ2n) is 7.32. The first-order valence-corrected chi connectivity index (χ1v) is 12.2. The van der Waals surface area contributed by atoms with Crippen molar-refractivity contribution in [1.29, 1.82) is 0 Å². The molecule has 0 amide bonds. The van der Waals surface area contributed by atoms with Gasteiger partial charge in [0.25, 0.3) is 0 Å². The van der Waals surface area contributed by atoms with E-state index in [4.69, 9.17) is 0 Å². The van der Waals surface area contributed by atoms with Crippen molar-refractivity contribution >= 4 is 33.3 Å². The van der Waals surface area contributed by atoms with Crippen molar-refractivity contribution in [2.45, 2.75) is 24.0 Å². The number of imidazole rings is 1. The summed E-state index contributed by atoms with van der Waals surface area (Å²) in [6, 6.07) is 8.13. The Morgan fingerprint density at radius 1 is 1.21 bits per heavy atom. The van der Waals surface area contributed by atoms with Gasteiger partial charge in [-0.3, -0.25) is 4.72 Å².